The maximum Gasteiger partial charge on any atom is 0.278 e. The number of carbonyl (C=O) groups excluding carboxylic acids is 4. The van der Waals surface area contributed by atoms with Crippen molar-refractivity contribution < 1.29 is 38.1 Å². The first-order valence-corrected chi connectivity index (χ1v) is 14.1. The number of nitrogens with two attached hydrogens (primary N) is 2. The number of hydrogen-bond acceptors (Lipinski definition) is 13. The lowest BCUT2D eigenvalue weighted by molar-refractivity contribution is -0.687. The standard InChI is InChI=1S/C21H20FN9O6S3/c1-8-14(15(23)32)39-10-5-29(7-30(8)10)4-9-6-38-19-12(18(34)31(19)13(9)20(35)36)25-17(33)11(27-37-3-2-22)16-26-21(24)40-28-16/h5,7,12,19H,2-4,6H2,1H3,(H5-,23,24,25,26,28,32,33,35,36)/b27-11-/t12-,19-/m1/s1. The summed E-state index contributed by atoms with van der Waals surface area (Å²) in [5.74, 6) is -3.55. The molecule has 3 amide bonds. The molecule has 2 aliphatic heterocycles. The number of hydrogen-bond donors (Lipinski definition) is 3. The van der Waals surface area contributed by atoms with Crippen molar-refractivity contribution >= 4 is 74.0 Å². The summed E-state index contributed by atoms with van der Waals surface area (Å²) in [6.07, 6.45) is 3.45. The van der Waals surface area contributed by atoms with Crippen LogP contribution < -0.4 is 26.5 Å². The van der Waals surface area contributed by atoms with Gasteiger partial charge in [-0.2, -0.15) is 13.8 Å². The Morgan fingerprint density at radius 1 is 1.40 bits per heavy atom. The number of carbonyl (C=O) groups is 4. The molecule has 2 atom stereocenters. The van der Waals surface area contributed by atoms with Crippen LogP contribution in [-0.4, -0.2) is 78.5 Å². The number of anilines is 1. The molecule has 0 radical (unpaired) electrons. The van der Waals surface area contributed by atoms with E-state index in [2.05, 4.69) is 19.8 Å². The minimum atomic E-state index is -1.53. The highest BCUT2D eigenvalue weighted by Crippen LogP contribution is 2.40. The molecule has 0 aromatic carbocycles. The van der Waals surface area contributed by atoms with E-state index < -0.39 is 54.1 Å². The van der Waals surface area contributed by atoms with Gasteiger partial charge in [0, 0.05) is 22.9 Å². The van der Waals surface area contributed by atoms with Gasteiger partial charge in [0.1, 0.15) is 48.0 Å². The molecule has 210 valence electrons. The van der Waals surface area contributed by atoms with Crippen LogP contribution in [0.2, 0.25) is 0 Å². The van der Waals surface area contributed by atoms with Crippen LogP contribution >= 0.6 is 34.6 Å². The van der Waals surface area contributed by atoms with Crippen molar-refractivity contribution in [1.29, 1.82) is 0 Å². The first-order valence-electron chi connectivity index (χ1n) is 11.5. The molecule has 5 N–H and O–H groups in total. The lowest BCUT2D eigenvalue weighted by Gasteiger charge is -2.50. The molecule has 3 aromatic heterocycles. The number of carboxylic acids is 1. The van der Waals surface area contributed by atoms with Crippen molar-refractivity contribution in [3.8, 4) is 0 Å². The second-order valence-corrected chi connectivity index (χ2v) is 11.4. The fourth-order valence-corrected chi connectivity index (χ4v) is 7.05. The molecular weight excluding hydrogens is 589 g/mol. The van der Waals surface area contributed by atoms with Gasteiger partial charge in [0.25, 0.3) is 17.7 Å². The molecule has 1 fully saturated rings. The molecule has 2 aliphatic rings. The highest BCUT2D eigenvalue weighted by molar-refractivity contribution is 8.00. The Kier molecular flexibility index (Phi) is 7.43. The number of rotatable bonds is 10. The smallest absolute Gasteiger partial charge is 0.278 e. The minimum absolute atomic E-state index is 0.0513. The number of β-lactam (4-membered cyclic amide) rings is 1. The molecule has 0 aliphatic carbocycles. The van der Waals surface area contributed by atoms with E-state index in [1.165, 1.54) is 23.1 Å². The van der Waals surface area contributed by atoms with Gasteiger partial charge in [-0.15, -0.1) is 11.8 Å². The number of aromatic nitrogens is 4. The maximum atomic E-state index is 13.1. The third-order valence-electron chi connectivity index (χ3n) is 5.99. The summed E-state index contributed by atoms with van der Waals surface area (Å²) in [6, 6.07) is -1.09. The lowest BCUT2D eigenvalue weighted by atomic mass is 10.0. The van der Waals surface area contributed by atoms with Crippen LogP contribution in [0, 0.1) is 6.92 Å². The average Bonchev–Trinajstić information content (AvgIpc) is 3.60. The summed E-state index contributed by atoms with van der Waals surface area (Å²) >= 11 is 3.27. The number of imidazole rings is 1. The van der Waals surface area contributed by atoms with E-state index in [1.54, 1.807) is 28.4 Å². The van der Waals surface area contributed by atoms with E-state index in [0.29, 0.717) is 16.1 Å². The van der Waals surface area contributed by atoms with Crippen molar-refractivity contribution in [3.63, 3.8) is 0 Å². The Hall–Kier alpha value is -4.10. The number of nitrogens with one attached hydrogen (secondary N) is 1. The highest BCUT2D eigenvalue weighted by Gasteiger charge is 2.53. The summed E-state index contributed by atoms with van der Waals surface area (Å²) in [6.45, 7) is 0.617. The molecular formula is C21H20FN9O6S3. The second-order valence-electron chi connectivity index (χ2n) is 8.52. The lowest BCUT2D eigenvalue weighted by Crippen LogP contribution is -2.71. The molecule has 3 aromatic rings. The monoisotopic (exact) mass is 609 g/mol. The van der Waals surface area contributed by atoms with Gasteiger partial charge in [0.2, 0.25) is 22.7 Å². The fourth-order valence-electron chi connectivity index (χ4n) is 4.26. The van der Waals surface area contributed by atoms with E-state index in [4.69, 9.17) is 16.3 Å². The topological polar surface area (TPSA) is 214 Å². The Labute approximate surface area is 236 Å². The number of oxime groups is 1. The number of thiazole rings is 1. The average molecular weight is 610 g/mol. The summed E-state index contributed by atoms with van der Waals surface area (Å²) in [5.41, 5.74) is 11.4. The van der Waals surface area contributed by atoms with Gasteiger partial charge in [-0.3, -0.25) is 19.3 Å². The van der Waals surface area contributed by atoms with Crippen molar-refractivity contribution in [2.75, 3.05) is 24.8 Å². The van der Waals surface area contributed by atoms with Crippen molar-refractivity contribution in [2.45, 2.75) is 24.9 Å². The van der Waals surface area contributed by atoms with E-state index in [0.717, 1.165) is 21.3 Å². The van der Waals surface area contributed by atoms with Gasteiger partial charge >= 0.3 is 0 Å². The molecule has 15 nitrogen and oxygen atoms in total. The van der Waals surface area contributed by atoms with Crippen LogP contribution in [0.15, 0.2) is 29.0 Å². The summed E-state index contributed by atoms with van der Waals surface area (Å²) in [7, 11) is 0. The van der Waals surface area contributed by atoms with Crippen LogP contribution in [0.4, 0.5) is 9.52 Å². The number of fused-ring (bicyclic) bond motifs is 2. The molecule has 0 bridgehead atoms. The Balaban J connectivity index is 1.35. The van der Waals surface area contributed by atoms with Gasteiger partial charge < -0.3 is 31.5 Å². The second kappa shape index (κ2) is 10.8. The quantitative estimate of drug-likeness (QED) is 0.0750. The number of carboxylic acid groups (broad SMARTS) is 1. The van der Waals surface area contributed by atoms with Crippen molar-refractivity contribution in [2.24, 2.45) is 10.9 Å². The summed E-state index contributed by atoms with van der Waals surface area (Å²) in [4.78, 5) is 60.6. The summed E-state index contributed by atoms with van der Waals surface area (Å²) < 4.78 is 19.9. The van der Waals surface area contributed by atoms with E-state index in [1.807, 2.05) is 0 Å². The first kappa shape index (κ1) is 27.5. The third-order valence-corrected chi connectivity index (χ3v) is 9.09. The van der Waals surface area contributed by atoms with Crippen LogP contribution in [0.25, 0.3) is 4.83 Å². The van der Waals surface area contributed by atoms with Crippen LogP contribution in [0.1, 0.15) is 21.2 Å². The van der Waals surface area contributed by atoms with Crippen LogP contribution in [0.3, 0.4) is 0 Å². The number of aliphatic carboxylic acids is 1. The van der Waals surface area contributed by atoms with Gasteiger partial charge in [-0.05, 0) is 6.92 Å². The largest absolute Gasteiger partial charge is 0.543 e. The molecule has 5 rings (SSSR count). The van der Waals surface area contributed by atoms with Gasteiger partial charge in [-0.1, -0.05) is 16.5 Å². The Morgan fingerprint density at radius 2 is 2.17 bits per heavy atom. The first-order chi connectivity index (χ1) is 19.1. The van der Waals surface area contributed by atoms with Crippen LogP contribution in [0.5, 0.6) is 0 Å². The normalized spacial score (nSPS) is 19.0. The van der Waals surface area contributed by atoms with Crippen LogP contribution in [-0.2, 0) is 25.8 Å². The fraction of sp³-hybridized carbons (Fsp3) is 0.333. The van der Waals surface area contributed by atoms with Gasteiger partial charge in [-0.25, -0.2) is 8.96 Å². The molecule has 40 heavy (non-hydrogen) atoms. The highest BCUT2D eigenvalue weighted by atomic mass is 32.2. The zero-order valence-electron chi connectivity index (χ0n) is 20.5. The zero-order chi connectivity index (χ0) is 28.7. The predicted octanol–water partition coefficient (Wildman–Crippen LogP) is -2.08. The van der Waals surface area contributed by atoms with Crippen molar-refractivity contribution in [1.82, 2.24) is 24.0 Å². The molecule has 0 saturated carbocycles. The number of nitrogens with zero attached hydrogens (tertiary/aromatic N) is 6. The van der Waals surface area contributed by atoms with Gasteiger partial charge in [0.15, 0.2) is 5.13 Å². The molecule has 5 heterocycles. The predicted molar refractivity (Wildman–Crippen MR) is 139 cm³/mol. The Bertz CT molecular complexity index is 1610. The molecule has 0 spiro atoms. The maximum absolute atomic E-state index is 13.1. The van der Waals surface area contributed by atoms with Gasteiger partial charge in [0.05, 0.1) is 11.7 Å². The number of aryl methyl sites for hydroxylation is 1. The number of amides is 3. The number of nitrogen functional groups attached to an aromatic ring is 1. The Morgan fingerprint density at radius 3 is 2.80 bits per heavy atom. The number of primary amides is 1. The van der Waals surface area contributed by atoms with E-state index in [9.17, 15) is 28.7 Å². The number of halogens is 1. The summed E-state index contributed by atoms with van der Waals surface area (Å²) in [5, 5.41) is 17.6. The number of thioether (sulfide) groups is 1. The third kappa shape index (κ3) is 4.86. The van der Waals surface area contributed by atoms with E-state index >= 15 is 0 Å². The van der Waals surface area contributed by atoms with E-state index in [-0.39, 0.29) is 29.0 Å². The number of alkyl halides is 1. The minimum Gasteiger partial charge on any atom is -0.543 e. The molecule has 19 heteroatoms. The van der Waals surface area contributed by atoms with Crippen molar-refractivity contribution in [3.05, 3.63) is 40.2 Å². The zero-order valence-corrected chi connectivity index (χ0v) is 23.0. The molecule has 0 unspecified atom stereocenters. The SMILES string of the molecule is Cc1c(C(N)=O)sc2c[n+](CC3=C(C(=O)[O-])N4C(=O)[C@@H](NC(=O)/C(=N\OCCF)c5nsc(N)n5)[C@H]4SC3)cn12. The molecule has 1 saturated heterocycles.